The van der Waals surface area contributed by atoms with Gasteiger partial charge in [-0.15, -0.1) is 0 Å². The summed E-state index contributed by atoms with van der Waals surface area (Å²) in [5.41, 5.74) is 0.441. The summed E-state index contributed by atoms with van der Waals surface area (Å²) in [6.07, 6.45) is -2.12. The van der Waals surface area contributed by atoms with Gasteiger partial charge in [-0.05, 0) is 36.8 Å². The molecule has 0 spiro atoms. The fourth-order valence-electron chi connectivity index (χ4n) is 1.87. The lowest BCUT2D eigenvalue weighted by Gasteiger charge is -2.01. The molecule has 0 aliphatic carbocycles. The number of nitrogens with one attached hydrogen (secondary N) is 1. The first kappa shape index (κ1) is 19.6. The number of halogens is 3. The van der Waals surface area contributed by atoms with Gasteiger partial charge >= 0.3 is 6.18 Å². The van der Waals surface area contributed by atoms with Crippen LogP contribution in [0.2, 0.25) is 0 Å². The largest absolute Gasteiger partial charge is 0.432 e. The Balaban J connectivity index is 0.000000209. The molecule has 26 heavy (non-hydrogen) atoms. The zero-order chi connectivity index (χ0) is 19.4. The summed E-state index contributed by atoms with van der Waals surface area (Å²) in [6.45, 7) is 1.83. The molecule has 0 fully saturated rings. The number of sulfonamides is 1. The van der Waals surface area contributed by atoms with Crippen molar-refractivity contribution in [3.63, 3.8) is 0 Å². The van der Waals surface area contributed by atoms with Gasteiger partial charge < -0.3 is 4.98 Å². The highest BCUT2D eigenvalue weighted by Crippen LogP contribution is 2.28. The van der Waals surface area contributed by atoms with Crippen molar-refractivity contribution in [2.24, 2.45) is 5.14 Å². The van der Waals surface area contributed by atoms with E-state index in [2.05, 4.69) is 15.0 Å². The molecular weight excluding hydrogens is 369 g/mol. The van der Waals surface area contributed by atoms with Crippen molar-refractivity contribution in [2.45, 2.75) is 18.0 Å². The molecule has 0 saturated carbocycles. The van der Waals surface area contributed by atoms with Crippen LogP contribution in [-0.2, 0) is 16.2 Å². The Hall–Kier alpha value is -2.72. The molecule has 2 heterocycles. The first-order chi connectivity index (χ1) is 12.1. The molecule has 0 amide bonds. The van der Waals surface area contributed by atoms with Crippen LogP contribution < -0.4 is 5.14 Å². The predicted octanol–water partition coefficient (Wildman–Crippen LogP) is 3.13. The standard InChI is InChI=1S/C10H8F3N3.C6H7NO2S/c1-6-2-3-14-7(4-6)9-15-5-8(16-9)10(11,12)13;7-10(8,9)6-4-2-1-3-5-6/h2-5H,1H3,(H,15,16);1-5H,(H2,7,8,9). The van der Waals surface area contributed by atoms with E-state index in [-0.39, 0.29) is 10.7 Å². The number of rotatable bonds is 2. The van der Waals surface area contributed by atoms with Gasteiger partial charge in [0, 0.05) is 6.20 Å². The van der Waals surface area contributed by atoms with Gasteiger partial charge in [0.1, 0.15) is 11.4 Å². The molecule has 138 valence electrons. The fraction of sp³-hybridized carbons (Fsp3) is 0.125. The number of H-pyrrole nitrogens is 1. The first-order valence-corrected chi connectivity index (χ1v) is 8.75. The van der Waals surface area contributed by atoms with E-state index in [0.717, 1.165) is 11.8 Å². The highest BCUT2D eigenvalue weighted by atomic mass is 32.2. The number of aromatic amines is 1. The molecule has 0 aliphatic heterocycles. The van der Waals surface area contributed by atoms with E-state index < -0.39 is 21.9 Å². The van der Waals surface area contributed by atoms with E-state index in [9.17, 15) is 21.6 Å². The van der Waals surface area contributed by atoms with Crippen LogP contribution in [0, 0.1) is 6.92 Å². The lowest BCUT2D eigenvalue weighted by molar-refractivity contribution is -0.140. The predicted molar refractivity (Wildman–Crippen MR) is 89.4 cm³/mol. The molecule has 3 N–H and O–H groups in total. The summed E-state index contributed by atoms with van der Waals surface area (Å²) >= 11 is 0. The van der Waals surface area contributed by atoms with Crippen LogP contribution in [-0.4, -0.2) is 23.4 Å². The average molecular weight is 384 g/mol. The summed E-state index contributed by atoms with van der Waals surface area (Å²) in [5.74, 6) is 0.121. The van der Waals surface area contributed by atoms with E-state index in [1.54, 1.807) is 30.3 Å². The van der Waals surface area contributed by atoms with Gasteiger partial charge in [-0.3, -0.25) is 4.98 Å². The molecule has 1 aromatic carbocycles. The summed E-state index contributed by atoms with van der Waals surface area (Å²) < 4.78 is 58.1. The first-order valence-electron chi connectivity index (χ1n) is 7.20. The topological polar surface area (TPSA) is 102 Å². The van der Waals surface area contributed by atoms with Crippen molar-refractivity contribution in [1.82, 2.24) is 15.0 Å². The molecule has 3 aromatic rings. The number of hydrogen-bond acceptors (Lipinski definition) is 4. The molecule has 6 nitrogen and oxygen atoms in total. The summed E-state index contributed by atoms with van der Waals surface area (Å²) in [6, 6.07) is 11.3. The van der Waals surface area contributed by atoms with Crippen LogP contribution in [0.3, 0.4) is 0 Å². The summed E-state index contributed by atoms with van der Waals surface area (Å²) in [7, 11) is -3.50. The van der Waals surface area contributed by atoms with Gasteiger partial charge in [-0.2, -0.15) is 13.2 Å². The second kappa shape index (κ2) is 7.67. The zero-order valence-corrected chi connectivity index (χ0v) is 14.3. The van der Waals surface area contributed by atoms with Gasteiger partial charge in [0.15, 0.2) is 5.82 Å². The molecule has 0 saturated heterocycles. The van der Waals surface area contributed by atoms with E-state index in [1.165, 1.54) is 18.3 Å². The Morgan fingerprint density at radius 2 is 1.73 bits per heavy atom. The van der Waals surface area contributed by atoms with Crippen molar-refractivity contribution < 1.29 is 21.6 Å². The number of pyridine rings is 1. The highest BCUT2D eigenvalue weighted by Gasteiger charge is 2.33. The third-order valence-corrected chi connectivity index (χ3v) is 4.04. The molecule has 0 unspecified atom stereocenters. The van der Waals surface area contributed by atoms with Crippen LogP contribution >= 0.6 is 0 Å². The van der Waals surface area contributed by atoms with Gasteiger partial charge in [0.2, 0.25) is 10.0 Å². The summed E-state index contributed by atoms with van der Waals surface area (Å²) in [4.78, 5) is 9.95. The monoisotopic (exact) mass is 384 g/mol. The normalized spacial score (nSPS) is 11.6. The van der Waals surface area contributed by atoms with Gasteiger partial charge in [-0.1, -0.05) is 18.2 Å². The van der Waals surface area contributed by atoms with E-state index in [0.29, 0.717) is 5.69 Å². The van der Waals surface area contributed by atoms with Crippen LogP contribution in [0.15, 0.2) is 59.8 Å². The average Bonchev–Trinajstić information content (AvgIpc) is 3.06. The lowest BCUT2D eigenvalue weighted by Crippen LogP contribution is -2.11. The molecule has 0 atom stereocenters. The fourth-order valence-corrected chi connectivity index (χ4v) is 2.41. The molecule has 0 aliphatic rings. The molecular formula is C16H15F3N4O2S. The van der Waals surface area contributed by atoms with E-state index >= 15 is 0 Å². The number of alkyl halides is 3. The van der Waals surface area contributed by atoms with Crippen LogP contribution in [0.25, 0.3) is 11.5 Å². The zero-order valence-electron chi connectivity index (χ0n) is 13.5. The van der Waals surface area contributed by atoms with E-state index in [1.807, 2.05) is 6.92 Å². The maximum Gasteiger partial charge on any atom is 0.432 e. The smallest absolute Gasteiger partial charge is 0.333 e. The SMILES string of the molecule is Cc1ccnc(-c2ncc(C(F)(F)F)[nH]2)c1.NS(=O)(=O)c1ccccc1. The maximum atomic E-state index is 12.3. The molecule has 10 heteroatoms. The minimum atomic E-state index is -4.41. The Morgan fingerprint density at radius 3 is 2.19 bits per heavy atom. The number of nitrogens with two attached hydrogens (primary N) is 1. The highest BCUT2D eigenvalue weighted by molar-refractivity contribution is 7.89. The van der Waals surface area contributed by atoms with Crippen molar-refractivity contribution >= 4 is 10.0 Å². The van der Waals surface area contributed by atoms with E-state index in [4.69, 9.17) is 5.14 Å². The number of aromatic nitrogens is 3. The van der Waals surface area contributed by atoms with Crippen LogP contribution in [0.4, 0.5) is 13.2 Å². The number of nitrogens with zero attached hydrogens (tertiary/aromatic N) is 2. The van der Waals surface area contributed by atoms with Crippen LogP contribution in [0.1, 0.15) is 11.3 Å². The minimum Gasteiger partial charge on any atom is -0.333 e. The van der Waals surface area contributed by atoms with Gasteiger partial charge in [0.05, 0.1) is 11.1 Å². The van der Waals surface area contributed by atoms with Crippen molar-refractivity contribution in [2.75, 3.05) is 0 Å². The number of imidazole rings is 1. The summed E-state index contributed by atoms with van der Waals surface area (Å²) in [5, 5.41) is 4.83. The molecule has 2 aromatic heterocycles. The Morgan fingerprint density at radius 1 is 1.08 bits per heavy atom. The third kappa shape index (κ3) is 5.39. The second-order valence-corrected chi connectivity index (χ2v) is 6.78. The number of primary sulfonamides is 1. The molecule has 3 rings (SSSR count). The quantitative estimate of drug-likeness (QED) is 0.709. The molecule has 0 radical (unpaired) electrons. The van der Waals surface area contributed by atoms with Crippen molar-refractivity contribution in [3.05, 3.63) is 66.1 Å². The number of aryl methyl sites for hydroxylation is 1. The number of benzene rings is 1. The molecule has 0 bridgehead atoms. The number of hydrogen-bond donors (Lipinski definition) is 2. The second-order valence-electron chi connectivity index (χ2n) is 5.22. The van der Waals surface area contributed by atoms with Gasteiger partial charge in [0.25, 0.3) is 0 Å². The van der Waals surface area contributed by atoms with Crippen LogP contribution in [0.5, 0.6) is 0 Å². The van der Waals surface area contributed by atoms with Crippen molar-refractivity contribution in [3.8, 4) is 11.5 Å². The Kier molecular flexibility index (Phi) is 5.78. The third-order valence-electron chi connectivity index (χ3n) is 3.11. The van der Waals surface area contributed by atoms with Gasteiger partial charge in [-0.25, -0.2) is 18.5 Å². The Labute approximate surface area is 148 Å². The minimum absolute atomic E-state index is 0.121. The Bertz CT molecular complexity index is 970. The van der Waals surface area contributed by atoms with Crippen molar-refractivity contribution in [1.29, 1.82) is 0 Å². The lowest BCUT2D eigenvalue weighted by atomic mass is 10.2. The maximum absolute atomic E-state index is 12.3.